The number of hydrogen-bond donors (Lipinski definition) is 0. The molecule has 0 radical (unpaired) electrons. The van der Waals surface area contributed by atoms with Gasteiger partial charge in [-0.15, -0.1) is 0 Å². The monoisotopic (exact) mass is 356 g/mol. The molecule has 0 aromatic heterocycles. The second kappa shape index (κ2) is 7.75. The molecule has 0 bridgehead atoms. The first-order chi connectivity index (χ1) is 11.3. The maximum Gasteiger partial charge on any atom is 0.347 e. The zero-order valence-electron chi connectivity index (χ0n) is 14.1. The average Bonchev–Trinajstić information content (AvgIpc) is 2.82. The first-order valence-electron chi connectivity index (χ1n) is 7.73. The minimum atomic E-state index is -0.894. The lowest BCUT2D eigenvalue weighted by atomic mass is 10.2. The Balaban J connectivity index is 2.17. The fraction of sp³-hybridized carbons (Fsp3) is 0.529. The lowest BCUT2D eigenvalue weighted by molar-refractivity contribution is -0.147. The first-order valence-corrected chi connectivity index (χ1v) is 8.11. The summed E-state index contributed by atoms with van der Waals surface area (Å²) >= 11 is 6.20. The molecule has 132 valence electrons. The molecule has 0 N–H and O–H groups in total. The number of methoxy groups -OCH3 is 1. The fourth-order valence-electron chi connectivity index (χ4n) is 2.24. The number of ether oxygens (including phenoxy) is 4. The smallest absolute Gasteiger partial charge is 0.347 e. The highest BCUT2D eigenvalue weighted by Gasteiger charge is 2.35. The molecule has 0 aliphatic carbocycles. The van der Waals surface area contributed by atoms with Crippen LogP contribution in [-0.2, 0) is 14.3 Å². The van der Waals surface area contributed by atoms with E-state index in [0.717, 1.165) is 0 Å². The Morgan fingerprint density at radius 2 is 2.12 bits per heavy atom. The van der Waals surface area contributed by atoms with Gasteiger partial charge in [0.15, 0.2) is 11.5 Å². The van der Waals surface area contributed by atoms with Crippen LogP contribution in [0.5, 0.6) is 11.5 Å². The molecule has 1 aromatic rings. The summed E-state index contributed by atoms with van der Waals surface area (Å²) in [6.45, 7) is 6.22. The molecular formula is C17H21ClO6. The largest absolute Gasteiger partial charge is 0.493 e. The number of halogens is 1. The predicted molar refractivity (Wildman–Crippen MR) is 87.7 cm³/mol. The van der Waals surface area contributed by atoms with Crippen LogP contribution in [0.25, 0.3) is 0 Å². The Morgan fingerprint density at radius 3 is 2.67 bits per heavy atom. The molecule has 1 aliphatic heterocycles. The Morgan fingerprint density at radius 1 is 1.42 bits per heavy atom. The quantitative estimate of drug-likeness (QED) is 0.729. The van der Waals surface area contributed by atoms with Gasteiger partial charge in [-0.3, -0.25) is 0 Å². The molecule has 1 aliphatic rings. The zero-order chi connectivity index (χ0) is 17.9. The zero-order valence-corrected chi connectivity index (χ0v) is 14.9. The van der Waals surface area contributed by atoms with E-state index in [9.17, 15) is 9.59 Å². The van der Waals surface area contributed by atoms with E-state index < -0.39 is 18.0 Å². The van der Waals surface area contributed by atoms with Gasteiger partial charge in [-0.1, -0.05) is 25.4 Å². The van der Waals surface area contributed by atoms with Crippen molar-refractivity contribution < 1.29 is 28.5 Å². The number of hydrogen-bond acceptors (Lipinski definition) is 6. The number of benzene rings is 1. The SMILES string of the molecule is COc1cc(C(=O)OC2CC(C)OC2=O)cc(Cl)c1OCC(C)C. The molecule has 2 rings (SSSR count). The van der Waals surface area contributed by atoms with Crippen molar-refractivity contribution in [3.63, 3.8) is 0 Å². The molecule has 0 saturated carbocycles. The molecule has 2 unspecified atom stereocenters. The highest BCUT2D eigenvalue weighted by molar-refractivity contribution is 6.32. The fourth-order valence-corrected chi connectivity index (χ4v) is 2.51. The lowest BCUT2D eigenvalue weighted by Gasteiger charge is -2.15. The van der Waals surface area contributed by atoms with Crippen molar-refractivity contribution in [1.29, 1.82) is 0 Å². The molecule has 7 heteroatoms. The van der Waals surface area contributed by atoms with E-state index >= 15 is 0 Å². The number of cyclic esters (lactones) is 1. The Bertz CT molecular complexity index is 628. The molecule has 1 heterocycles. The highest BCUT2D eigenvalue weighted by atomic mass is 35.5. The number of esters is 2. The third-order valence-corrected chi connectivity index (χ3v) is 3.68. The van der Waals surface area contributed by atoms with Crippen molar-refractivity contribution in [2.75, 3.05) is 13.7 Å². The minimum Gasteiger partial charge on any atom is -0.493 e. The molecule has 0 spiro atoms. The Kier molecular flexibility index (Phi) is 5.94. The molecule has 1 fully saturated rings. The maximum atomic E-state index is 12.3. The lowest BCUT2D eigenvalue weighted by Crippen LogP contribution is -2.22. The van der Waals surface area contributed by atoms with Crippen molar-refractivity contribution >= 4 is 23.5 Å². The third-order valence-electron chi connectivity index (χ3n) is 3.40. The van der Waals surface area contributed by atoms with Crippen LogP contribution in [0.4, 0.5) is 0 Å². The van der Waals surface area contributed by atoms with Crippen LogP contribution in [-0.4, -0.2) is 37.9 Å². The summed E-state index contributed by atoms with van der Waals surface area (Å²) in [5.74, 6) is -0.186. The van der Waals surface area contributed by atoms with Gasteiger partial charge in [-0.25, -0.2) is 9.59 Å². The summed E-state index contributed by atoms with van der Waals surface area (Å²) in [5, 5.41) is 0.240. The van der Waals surface area contributed by atoms with Crippen molar-refractivity contribution in [3.05, 3.63) is 22.7 Å². The molecular weight excluding hydrogens is 336 g/mol. The van der Waals surface area contributed by atoms with Gasteiger partial charge < -0.3 is 18.9 Å². The van der Waals surface area contributed by atoms with Crippen molar-refractivity contribution in [2.24, 2.45) is 5.92 Å². The first kappa shape index (κ1) is 18.4. The van der Waals surface area contributed by atoms with Crippen LogP contribution >= 0.6 is 11.6 Å². The van der Waals surface area contributed by atoms with Crippen LogP contribution in [0.3, 0.4) is 0 Å². The van der Waals surface area contributed by atoms with E-state index in [4.69, 9.17) is 30.5 Å². The van der Waals surface area contributed by atoms with E-state index in [-0.39, 0.29) is 16.7 Å². The van der Waals surface area contributed by atoms with Gasteiger partial charge in [0.25, 0.3) is 0 Å². The second-order valence-electron chi connectivity index (χ2n) is 6.07. The van der Waals surface area contributed by atoms with Crippen LogP contribution < -0.4 is 9.47 Å². The van der Waals surface area contributed by atoms with Gasteiger partial charge in [0, 0.05) is 6.42 Å². The Hall–Kier alpha value is -1.95. The summed E-state index contributed by atoms with van der Waals surface area (Å²) in [7, 11) is 1.46. The normalized spacial score (nSPS) is 20.0. The van der Waals surface area contributed by atoms with Gasteiger partial charge in [0.1, 0.15) is 6.10 Å². The van der Waals surface area contributed by atoms with E-state index in [1.807, 2.05) is 13.8 Å². The predicted octanol–water partition coefficient (Wildman–Crippen LogP) is 3.24. The molecule has 24 heavy (non-hydrogen) atoms. The van der Waals surface area contributed by atoms with Crippen molar-refractivity contribution in [3.8, 4) is 11.5 Å². The minimum absolute atomic E-state index is 0.182. The molecule has 1 aromatic carbocycles. The van der Waals surface area contributed by atoms with Crippen LogP contribution in [0, 0.1) is 5.92 Å². The van der Waals surface area contributed by atoms with E-state index in [1.54, 1.807) is 6.92 Å². The second-order valence-corrected chi connectivity index (χ2v) is 6.48. The summed E-state index contributed by atoms with van der Waals surface area (Å²) in [6, 6.07) is 2.92. The summed E-state index contributed by atoms with van der Waals surface area (Å²) in [6.07, 6.45) is -0.820. The van der Waals surface area contributed by atoms with E-state index in [2.05, 4.69) is 0 Å². The van der Waals surface area contributed by atoms with Gasteiger partial charge in [0.2, 0.25) is 6.10 Å². The van der Waals surface area contributed by atoms with E-state index in [0.29, 0.717) is 30.4 Å². The van der Waals surface area contributed by atoms with Crippen LogP contribution in [0.1, 0.15) is 37.6 Å². The van der Waals surface area contributed by atoms with Crippen molar-refractivity contribution in [2.45, 2.75) is 39.4 Å². The topological polar surface area (TPSA) is 71.1 Å². The van der Waals surface area contributed by atoms with Crippen molar-refractivity contribution in [1.82, 2.24) is 0 Å². The molecule has 1 saturated heterocycles. The van der Waals surface area contributed by atoms with Crippen LogP contribution in [0.15, 0.2) is 12.1 Å². The van der Waals surface area contributed by atoms with Gasteiger partial charge >= 0.3 is 11.9 Å². The number of carbonyl (C=O) groups excluding carboxylic acids is 2. The highest BCUT2D eigenvalue weighted by Crippen LogP contribution is 2.37. The summed E-state index contributed by atoms with van der Waals surface area (Å²) in [5.41, 5.74) is 0.182. The third kappa shape index (κ3) is 4.32. The molecule has 0 amide bonds. The number of carbonyl (C=O) groups is 2. The standard InChI is InChI=1S/C17H21ClO6/c1-9(2)8-22-15-12(18)6-11(7-13(15)21-4)16(19)24-14-5-10(3)23-17(14)20/h6-7,9-10,14H,5,8H2,1-4H3. The van der Waals surface area contributed by atoms with E-state index in [1.165, 1.54) is 19.2 Å². The summed E-state index contributed by atoms with van der Waals surface area (Å²) in [4.78, 5) is 23.8. The Labute approximate surface area is 146 Å². The van der Waals surface area contributed by atoms with Gasteiger partial charge in [0.05, 0.1) is 24.3 Å². The van der Waals surface area contributed by atoms with Gasteiger partial charge in [-0.2, -0.15) is 0 Å². The van der Waals surface area contributed by atoms with Crippen LogP contribution in [0.2, 0.25) is 5.02 Å². The molecule has 2 atom stereocenters. The maximum absolute atomic E-state index is 12.3. The summed E-state index contributed by atoms with van der Waals surface area (Å²) < 4.78 is 21.1. The van der Waals surface area contributed by atoms with Gasteiger partial charge in [-0.05, 0) is 25.0 Å². The number of rotatable bonds is 6. The average molecular weight is 357 g/mol. The molecule has 6 nitrogen and oxygen atoms in total.